The van der Waals surface area contributed by atoms with E-state index in [0.29, 0.717) is 17.3 Å². The largest absolute Gasteiger partial charge is 0.425 e. The molecule has 1 atom stereocenters. The monoisotopic (exact) mass is 315 g/mol. The summed E-state index contributed by atoms with van der Waals surface area (Å²) in [5.74, 6) is -0.670. The number of benzene rings is 2. The van der Waals surface area contributed by atoms with Gasteiger partial charge in [-0.2, -0.15) is 0 Å². The molecule has 4 nitrogen and oxygen atoms in total. The summed E-state index contributed by atoms with van der Waals surface area (Å²) in [5.41, 5.74) is 0.792. The van der Waals surface area contributed by atoms with Gasteiger partial charge in [-0.05, 0) is 24.3 Å². The maximum atomic E-state index is 12.2. The van der Waals surface area contributed by atoms with E-state index in [0.717, 1.165) is 5.69 Å². The molecule has 0 spiro atoms. The standard InChI is InChI=1S/C17H14ClNO3/c18-14-8-4-5-9-15(14)22-17(21)12-10-16(20)19(11-12)13-6-2-1-3-7-13/h1-9,12H,10-11H2. The number of amides is 1. The first-order valence-corrected chi connectivity index (χ1v) is 7.34. The zero-order valence-corrected chi connectivity index (χ0v) is 12.5. The Morgan fingerprint density at radius 2 is 1.77 bits per heavy atom. The van der Waals surface area contributed by atoms with E-state index >= 15 is 0 Å². The van der Waals surface area contributed by atoms with Crippen molar-refractivity contribution < 1.29 is 14.3 Å². The quantitative estimate of drug-likeness (QED) is 0.645. The lowest BCUT2D eigenvalue weighted by Gasteiger charge is -2.16. The van der Waals surface area contributed by atoms with Gasteiger partial charge < -0.3 is 9.64 Å². The molecule has 0 aromatic heterocycles. The predicted octanol–water partition coefficient (Wildman–Crippen LogP) is 3.30. The highest BCUT2D eigenvalue weighted by Gasteiger charge is 2.36. The van der Waals surface area contributed by atoms with Crippen LogP contribution < -0.4 is 9.64 Å². The second kappa shape index (κ2) is 6.20. The van der Waals surface area contributed by atoms with Crippen LogP contribution in [-0.2, 0) is 9.59 Å². The number of ether oxygens (including phenoxy) is 1. The van der Waals surface area contributed by atoms with Crippen molar-refractivity contribution in [3.8, 4) is 5.75 Å². The number of esters is 1. The molecule has 1 fully saturated rings. The van der Waals surface area contributed by atoms with Crippen molar-refractivity contribution in [3.05, 3.63) is 59.6 Å². The summed E-state index contributed by atoms with van der Waals surface area (Å²) < 4.78 is 5.31. The van der Waals surface area contributed by atoms with Crippen molar-refractivity contribution >= 4 is 29.2 Å². The fourth-order valence-electron chi connectivity index (χ4n) is 2.44. The van der Waals surface area contributed by atoms with Gasteiger partial charge in [0, 0.05) is 18.7 Å². The van der Waals surface area contributed by atoms with Crippen molar-refractivity contribution in [2.75, 3.05) is 11.4 Å². The molecular weight excluding hydrogens is 302 g/mol. The summed E-state index contributed by atoms with van der Waals surface area (Å²) in [6.45, 7) is 0.326. The zero-order chi connectivity index (χ0) is 15.5. The lowest BCUT2D eigenvalue weighted by molar-refractivity contribution is -0.139. The zero-order valence-electron chi connectivity index (χ0n) is 11.7. The number of carbonyl (C=O) groups is 2. The van der Waals surface area contributed by atoms with Crippen LogP contribution in [0.1, 0.15) is 6.42 Å². The molecule has 1 amide bonds. The summed E-state index contributed by atoms with van der Waals surface area (Å²) in [6.07, 6.45) is 0.151. The van der Waals surface area contributed by atoms with Crippen LogP contribution in [0.3, 0.4) is 0 Å². The van der Waals surface area contributed by atoms with Crippen molar-refractivity contribution in [1.82, 2.24) is 0 Å². The Morgan fingerprint density at radius 3 is 2.50 bits per heavy atom. The van der Waals surface area contributed by atoms with E-state index < -0.39 is 11.9 Å². The van der Waals surface area contributed by atoms with Gasteiger partial charge in [-0.3, -0.25) is 9.59 Å². The number of anilines is 1. The van der Waals surface area contributed by atoms with Crippen LogP contribution in [0.4, 0.5) is 5.69 Å². The van der Waals surface area contributed by atoms with Crippen LogP contribution in [0, 0.1) is 5.92 Å². The maximum absolute atomic E-state index is 12.2. The number of hydrogen-bond donors (Lipinski definition) is 0. The second-order valence-electron chi connectivity index (χ2n) is 5.09. The molecule has 2 aromatic rings. The SMILES string of the molecule is O=C(Oc1ccccc1Cl)C1CC(=O)N(c2ccccc2)C1. The highest BCUT2D eigenvalue weighted by atomic mass is 35.5. The van der Waals surface area contributed by atoms with Crippen LogP contribution in [0.25, 0.3) is 0 Å². The molecule has 0 saturated carbocycles. The molecule has 0 bridgehead atoms. The fourth-order valence-corrected chi connectivity index (χ4v) is 2.62. The highest BCUT2D eigenvalue weighted by molar-refractivity contribution is 6.32. The first-order chi connectivity index (χ1) is 10.6. The van der Waals surface area contributed by atoms with Crippen LogP contribution in [-0.4, -0.2) is 18.4 Å². The molecule has 22 heavy (non-hydrogen) atoms. The summed E-state index contributed by atoms with van der Waals surface area (Å²) in [4.78, 5) is 25.9. The number of rotatable bonds is 3. The molecule has 5 heteroatoms. The Kier molecular flexibility index (Phi) is 4.11. The van der Waals surface area contributed by atoms with E-state index in [2.05, 4.69) is 0 Å². The smallest absolute Gasteiger partial charge is 0.316 e. The average Bonchev–Trinajstić information content (AvgIpc) is 2.92. The van der Waals surface area contributed by atoms with Crippen LogP contribution >= 0.6 is 11.6 Å². The third kappa shape index (κ3) is 2.97. The predicted molar refractivity (Wildman–Crippen MR) is 84.0 cm³/mol. The summed E-state index contributed by atoms with van der Waals surface area (Å²) in [7, 11) is 0. The van der Waals surface area contributed by atoms with E-state index in [1.54, 1.807) is 29.2 Å². The molecule has 0 radical (unpaired) electrons. The Hall–Kier alpha value is -2.33. The molecule has 1 unspecified atom stereocenters. The highest BCUT2D eigenvalue weighted by Crippen LogP contribution is 2.28. The van der Waals surface area contributed by atoms with E-state index in [1.807, 2.05) is 30.3 Å². The van der Waals surface area contributed by atoms with E-state index in [-0.39, 0.29) is 12.3 Å². The molecule has 1 saturated heterocycles. The third-order valence-electron chi connectivity index (χ3n) is 3.57. The lowest BCUT2D eigenvalue weighted by atomic mass is 10.1. The molecule has 0 aliphatic carbocycles. The van der Waals surface area contributed by atoms with Gasteiger partial charge in [0.2, 0.25) is 5.91 Å². The Labute approximate surface area is 133 Å². The first kappa shape index (κ1) is 14.6. The van der Waals surface area contributed by atoms with Gasteiger partial charge in [0.25, 0.3) is 0 Å². The molecular formula is C17H14ClNO3. The minimum Gasteiger partial charge on any atom is -0.425 e. The topological polar surface area (TPSA) is 46.6 Å². The van der Waals surface area contributed by atoms with E-state index in [1.165, 1.54) is 0 Å². The molecule has 1 aliphatic heterocycles. The van der Waals surface area contributed by atoms with E-state index in [4.69, 9.17) is 16.3 Å². The molecule has 3 rings (SSSR count). The number of halogens is 1. The van der Waals surface area contributed by atoms with Gasteiger partial charge in [0.1, 0.15) is 5.75 Å². The number of hydrogen-bond acceptors (Lipinski definition) is 3. The number of carbonyl (C=O) groups excluding carboxylic acids is 2. The van der Waals surface area contributed by atoms with Gasteiger partial charge in [-0.1, -0.05) is 41.9 Å². The Bertz CT molecular complexity index is 702. The molecule has 0 N–H and O–H groups in total. The lowest BCUT2D eigenvalue weighted by Crippen LogP contribution is -2.27. The maximum Gasteiger partial charge on any atom is 0.316 e. The van der Waals surface area contributed by atoms with Gasteiger partial charge in [0.15, 0.2) is 0 Å². The minimum absolute atomic E-state index is 0.0766. The van der Waals surface area contributed by atoms with Crippen molar-refractivity contribution in [3.63, 3.8) is 0 Å². The van der Waals surface area contributed by atoms with Gasteiger partial charge >= 0.3 is 5.97 Å². The average molecular weight is 316 g/mol. The number of nitrogens with zero attached hydrogens (tertiary/aromatic N) is 1. The first-order valence-electron chi connectivity index (χ1n) is 6.97. The molecule has 1 aliphatic rings. The normalized spacial score (nSPS) is 17.6. The summed E-state index contributed by atoms with van der Waals surface area (Å²) in [5, 5.41) is 0.375. The second-order valence-corrected chi connectivity index (χ2v) is 5.50. The molecule has 112 valence electrons. The van der Waals surface area contributed by atoms with Crippen LogP contribution in [0.2, 0.25) is 5.02 Å². The van der Waals surface area contributed by atoms with Gasteiger partial charge in [0.05, 0.1) is 10.9 Å². The summed E-state index contributed by atoms with van der Waals surface area (Å²) >= 11 is 5.97. The van der Waals surface area contributed by atoms with Crippen LogP contribution in [0.5, 0.6) is 5.75 Å². The third-order valence-corrected chi connectivity index (χ3v) is 3.89. The van der Waals surface area contributed by atoms with E-state index in [9.17, 15) is 9.59 Å². The number of para-hydroxylation sites is 2. The molecule has 2 aromatic carbocycles. The Morgan fingerprint density at radius 1 is 1.09 bits per heavy atom. The van der Waals surface area contributed by atoms with Crippen molar-refractivity contribution in [2.24, 2.45) is 5.92 Å². The van der Waals surface area contributed by atoms with Crippen LogP contribution in [0.15, 0.2) is 54.6 Å². The van der Waals surface area contributed by atoms with Crippen molar-refractivity contribution in [1.29, 1.82) is 0 Å². The Balaban J connectivity index is 1.71. The minimum atomic E-state index is -0.482. The molecule has 1 heterocycles. The fraction of sp³-hybridized carbons (Fsp3) is 0.176. The van der Waals surface area contributed by atoms with Gasteiger partial charge in [-0.25, -0.2) is 0 Å². The van der Waals surface area contributed by atoms with Crippen molar-refractivity contribution in [2.45, 2.75) is 6.42 Å². The summed E-state index contributed by atoms with van der Waals surface area (Å²) in [6, 6.07) is 16.1. The van der Waals surface area contributed by atoms with Gasteiger partial charge in [-0.15, -0.1) is 0 Å².